The minimum absolute atomic E-state index is 0.0713. The van der Waals surface area contributed by atoms with E-state index in [0.29, 0.717) is 18.1 Å². The summed E-state index contributed by atoms with van der Waals surface area (Å²) in [6.45, 7) is 0.471. The van der Waals surface area contributed by atoms with E-state index in [4.69, 9.17) is 9.72 Å². The summed E-state index contributed by atoms with van der Waals surface area (Å²) in [5, 5.41) is 5.63. The first-order chi connectivity index (χ1) is 18.1. The number of hydrogen-bond donors (Lipinski definition) is 0. The molecule has 0 bridgehead atoms. The van der Waals surface area contributed by atoms with Gasteiger partial charge in [0.25, 0.3) is 11.9 Å². The quantitative estimate of drug-likeness (QED) is 0.318. The third kappa shape index (κ3) is 4.42. The average Bonchev–Trinajstić information content (AvgIpc) is 3.70. The van der Waals surface area contributed by atoms with Gasteiger partial charge in [-0.05, 0) is 48.7 Å². The van der Waals surface area contributed by atoms with Crippen molar-refractivity contribution >= 4 is 16.8 Å². The van der Waals surface area contributed by atoms with E-state index < -0.39 is 0 Å². The second-order valence-corrected chi connectivity index (χ2v) is 9.25. The Bertz CT molecular complexity index is 1600. The first-order valence-corrected chi connectivity index (χ1v) is 12.3. The van der Waals surface area contributed by atoms with Crippen molar-refractivity contribution in [3.8, 4) is 23.0 Å². The van der Waals surface area contributed by atoms with Crippen LogP contribution in [0, 0.1) is 0 Å². The highest BCUT2D eigenvalue weighted by Gasteiger charge is 2.34. The standard InChI is InChI=1S/C29H26N6O2/c1-34(18-21-7-4-10-26-23(21)9-5-14-30-26)28(36)24-17-32-35(27(24)19-11-12-19)29-31-15-13-25(33-29)20-6-3-8-22(16-20)37-2/h3-10,13-17,19H,11-12,18H2,1-2H3. The van der Waals surface area contributed by atoms with Crippen molar-refractivity contribution in [3.63, 3.8) is 0 Å². The Balaban J connectivity index is 1.32. The van der Waals surface area contributed by atoms with Crippen molar-refractivity contribution < 1.29 is 9.53 Å². The lowest BCUT2D eigenvalue weighted by atomic mass is 10.1. The van der Waals surface area contributed by atoms with Gasteiger partial charge in [-0.3, -0.25) is 9.78 Å². The molecule has 6 rings (SSSR count). The van der Waals surface area contributed by atoms with Crippen LogP contribution in [0.4, 0.5) is 0 Å². The molecule has 0 unspecified atom stereocenters. The zero-order chi connectivity index (χ0) is 25.4. The van der Waals surface area contributed by atoms with Crippen LogP contribution in [0.25, 0.3) is 28.1 Å². The van der Waals surface area contributed by atoms with Crippen LogP contribution in [0.3, 0.4) is 0 Å². The minimum Gasteiger partial charge on any atom is -0.497 e. The number of pyridine rings is 1. The predicted octanol–water partition coefficient (Wildman–Crippen LogP) is 5.04. The molecule has 1 fully saturated rings. The van der Waals surface area contributed by atoms with Crippen LogP contribution in [-0.2, 0) is 6.54 Å². The van der Waals surface area contributed by atoms with E-state index >= 15 is 0 Å². The molecule has 1 amide bonds. The highest BCUT2D eigenvalue weighted by atomic mass is 16.5. The van der Waals surface area contributed by atoms with Crippen LogP contribution in [0.15, 0.2) is 79.3 Å². The number of rotatable bonds is 7. The van der Waals surface area contributed by atoms with Gasteiger partial charge in [0, 0.05) is 42.9 Å². The fourth-order valence-electron chi connectivity index (χ4n) is 4.66. The molecular weight excluding hydrogens is 464 g/mol. The van der Waals surface area contributed by atoms with Crippen molar-refractivity contribution in [1.82, 2.24) is 29.6 Å². The summed E-state index contributed by atoms with van der Waals surface area (Å²) < 4.78 is 7.09. The minimum atomic E-state index is -0.0713. The van der Waals surface area contributed by atoms with Crippen molar-refractivity contribution in [3.05, 3.63) is 96.1 Å². The molecule has 0 radical (unpaired) electrons. The van der Waals surface area contributed by atoms with Gasteiger partial charge in [-0.2, -0.15) is 5.10 Å². The van der Waals surface area contributed by atoms with E-state index in [0.717, 1.165) is 52.0 Å². The highest BCUT2D eigenvalue weighted by Crippen LogP contribution is 2.42. The van der Waals surface area contributed by atoms with Crippen molar-refractivity contribution in [2.24, 2.45) is 0 Å². The fourth-order valence-corrected chi connectivity index (χ4v) is 4.66. The van der Waals surface area contributed by atoms with Gasteiger partial charge in [-0.1, -0.05) is 30.3 Å². The van der Waals surface area contributed by atoms with Crippen molar-refractivity contribution in [2.45, 2.75) is 25.3 Å². The summed E-state index contributed by atoms with van der Waals surface area (Å²) in [7, 11) is 3.47. The van der Waals surface area contributed by atoms with Gasteiger partial charge in [-0.15, -0.1) is 0 Å². The molecule has 3 heterocycles. The molecule has 3 aromatic heterocycles. The Kier molecular flexibility index (Phi) is 5.84. The second-order valence-electron chi connectivity index (χ2n) is 9.25. The van der Waals surface area contributed by atoms with Gasteiger partial charge < -0.3 is 9.64 Å². The number of carbonyl (C=O) groups is 1. The SMILES string of the molecule is COc1cccc(-c2ccnc(-n3ncc(C(=O)N(C)Cc4cccc5ncccc45)c3C3CC3)n2)c1. The third-order valence-corrected chi connectivity index (χ3v) is 6.69. The van der Waals surface area contributed by atoms with Gasteiger partial charge >= 0.3 is 0 Å². The van der Waals surface area contributed by atoms with E-state index in [1.54, 1.807) is 35.3 Å². The summed E-state index contributed by atoms with van der Waals surface area (Å²) in [5.74, 6) is 1.40. The number of methoxy groups -OCH3 is 1. The first kappa shape index (κ1) is 22.8. The number of hydrogen-bond acceptors (Lipinski definition) is 6. The lowest BCUT2D eigenvalue weighted by Crippen LogP contribution is -2.27. The molecule has 1 aliphatic rings. The topological polar surface area (TPSA) is 86.0 Å². The van der Waals surface area contributed by atoms with E-state index in [2.05, 4.69) is 15.1 Å². The van der Waals surface area contributed by atoms with Gasteiger partial charge in [0.2, 0.25) is 0 Å². The van der Waals surface area contributed by atoms with E-state index in [1.807, 2.05) is 67.7 Å². The molecule has 0 saturated heterocycles. The number of ether oxygens (including phenoxy) is 1. The van der Waals surface area contributed by atoms with Crippen LogP contribution in [0.5, 0.6) is 5.75 Å². The molecule has 8 heteroatoms. The lowest BCUT2D eigenvalue weighted by molar-refractivity contribution is 0.0784. The largest absolute Gasteiger partial charge is 0.497 e. The van der Waals surface area contributed by atoms with Gasteiger partial charge in [0.1, 0.15) is 5.75 Å². The average molecular weight is 491 g/mol. The Labute approximate surface area is 214 Å². The first-order valence-electron chi connectivity index (χ1n) is 12.3. The van der Waals surface area contributed by atoms with Crippen LogP contribution in [-0.4, -0.2) is 49.7 Å². The summed E-state index contributed by atoms with van der Waals surface area (Å²) in [6, 6.07) is 19.5. The molecule has 0 aliphatic heterocycles. The van der Waals surface area contributed by atoms with Crippen LogP contribution < -0.4 is 4.74 Å². The number of fused-ring (bicyclic) bond motifs is 1. The van der Waals surface area contributed by atoms with Crippen LogP contribution >= 0.6 is 0 Å². The molecule has 37 heavy (non-hydrogen) atoms. The molecule has 184 valence electrons. The molecule has 1 saturated carbocycles. The van der Waals surface area contributed by atoms with Gasteiger partial charge in [-0.25, -0.2) is 14.6 Å². The smallest absolute Gasteiger partial charge is 0.257 e. The predicted molar refractivity (Wildman–Crippen MR) is 141 cm³/mol. The summed E-state index contributed by atoms with van der Waals surface area (Å²) in [4.78, 5) is 29.1. The zero-order valence-corrected chi connectivity index (χ0v) is 20.7. The Hall–Kier alpha value is -4.59. The maximum absolute atomic E-state index is 13.6. The molecule has 1 aliphatic carbocycles. The summed E-state index contributed by atoms with van der Waals surface area (Å²) >= 11 is 0. The lowest BCUT2D eigenvalue weighted by Gasteiger charge is -2.19. The Morgan fingerprint density at radius 2 is 1.92 bits per heavy atom. The van der Waals surface area contributed by atoms with Gasteiger partial charge in [0.05, 0.1) is 35.8 Å². The Morgan fingerprint density at radius 3 is 2.76 bits per heavy atom. The molecule has 0 N–H and O–H groups in total. The fraction of sp³-hybridized carbons (Fsp3) is 0.207. The number of aromatic nitrogens is 5. The van der Waals surface area contributed by atoms with Gasteiger partial charge in [0.15, 0.2) is 0 Å². The maximum Gasteiger partial charge on any atom is 0.257 e. The molecule has 0 spiro atoms. The second kappa shape index (κ2) is 9.46. The monoisotopic (exact) mass is 490 g/mol. The molecular formula is C29H26N6O2. The molecule has 5 aromatic rings. The van der Waals surface area contributed by atoms with Crippen LogP contribution in [0.2, 0.25) is 0 Å². The van der Waals surface area contributed by atoms with E-state index in [1.165, 1.54) is 0 Å². The van der Waals surface area contributed by atoms with Crippen molar-refractivity contribution in [1.29, 1.82) is 0 Å². The number of carbonyl (C=O) groups excluding carboxylic acids is 1. The normalized spacial score (nSPS) is 13.0. The zero-order valence-electron chi connectivity index (χ0n) is 20.7. The van der Waals surface area contributed by atoms with E-state index in [-0.39, 0.29) is 11.8 Å². The maximum atomic E-state index is 13.6. The molecule has 2 aromatic carbocycles. The van der Waals surface area contributed by atoms with E-state index in [9.17, 15) is 4.79 Å². The van der Waals surface area contributed by atoms with Crippen LogP contribution in [0.1, 0.15) is 40.4 Å². The summed E-state index contributed by atoms with van der Waals surface area (Å²) in [6.07, 6.45) is 7.18. The van der Waals surface area contributed by atoms with Crippen molar-refractivity contribution in [2.75, 3.05) is 14.2 Å². The summed E-state index contributed by atoms with van der Waals surface area (Å²) in [5.41, 5.74) is 5.12. The molecule has 8 nitrogen and oxygen atoms in total. The third-order valence-electron chi connectivity index (χ3n) is 6.69. The Morgan fingerprint density at radius 1 is 1.05 bits per heavy atom. The highest BCUT2D eigenvalue weighted by molar-refractivity contribution is 5.95. The number of benzene rings is 2. The number of nitrogens with zero attached hydrogens (tertiary/aromatic N) is 6. The molecule has 0 atom stereocenters. The number of amides is 1.